The van der Waals surface area contributed by atoms with Crippen LogP contribution in [0.5, 0.6) is 0 Å². The molecule has 1 heterocycles. The second kappa shape index (κ2) is 5.15. The fraction of sp³-hybridized carbons (Fsp3) is 0.571. The lowest BCUT2D eigenvalue weighted by Gasteiger charge is -2.31. The number of rotatable bonds is 3. The van der Waals surface area contributed by atoms with Crippen molar-refractivity contribution in [1.82, 2.24) is 5.32 Å². The van der Waals surface area contributed by atoms with Gasteiger partial charge in [-0.05, 0) is 62.9 Å². The molecule has 0 spiro atoms. The van der Waals surface area contributed by atoms with E-state index in [9.17, 15) is 9.50 Å². The predicted molar refractivity (Wildman–Crippen MR) is 66.2 cm³/mol. The summed E-state index contributed by atoms with van der Waals surface area (Å²) in [5, 5.41) is 13.8. The minimum absolute atomic E-state index is 0.260. The third-order valence-electron chi connectivity index (χ3n) is 3.55. The van der Waals surface area contributed by atoms with Gasteiger partial charge in [0.05, 0.1) is 5.60 Å². The van der Waals surface area contributed by atoms with E-state index in [-0.39, 0.29) is 5.82 Å². The number of benzene rings is 1. The number of halogens is 1. The monoisotopic (exact) mass is 237 g/mol. The Bertz CT molecular complexity index is 355. The molecule has 2 N–H and O–H groups in total. The van der Waals surface area contributed by atoms with Crippen molar-refractivity contribution in [1.29, 1.82) is 0 Å². The molecule has 0 amide bonds. The standard InChI is InChI=1S/C14H20FNO/c1-14(17,9-11-3-2-8-16-10-11)12-4-6-13(15)7-5-12/h4-7,11,16-17H,2-3,8-10H2,1H3. The van der Waals surface area contributed by atoms with E-state index in [1.807, 2.05) is 6.92 Å². The molecule has 1 fully saturated rings. The van der Waals surface area contributed by atoms with E-state index in [4.69, 9.17) is 0 Å². The lowest BCUT2D eigenvalue weighted by Crippen LogP contribution is -2.35. The van der Waals surface area contributed by atoms with Gasteiger partial charge in [-0.25, -0.2) is 4.39 Å². The molecule has 0 aromatic heterocycles. The lowest BCUT2D eigenvalue weighted by atomic mass is 9.83. The molecule has 1 aromatic carbocycles. The molecule has 2 atom stereocenters. The van der Waals surface area contributed by atoms with Gasteiger partial charge in [0.2, 0.25) is 0 Å². The summed E-state index contributed by atoms with van der Waals surface area (Å²) in [6.07, 6.45) is 3.06. The number of nitrogens with one attached hydrogen (secondary N) is 1. The summed E-state index contributed by atoms with van der Waals surface area (Å²) >= 11 is 0. The third kappa shape index (κ3) is 3.27. The largest absolute Gasteiger partial charge is 0.385 e. The Morgan fingerprint density at radius 1 is 1.41 bits per heavy atom. The zero-order valence-electron chi connectivity index (χ0n) is 10.2. The van der Waals surface area contributed by atoms with E-state index in [2.05, 4.69) is 5.32 Å². The summed E-state index contributed by atoms with van der Waals surface area (Å²) in [5.74, 6) is 0.243. The van der Waals surface area contributed by atoms with Crippen molar-refractivity contribution in [2.45, 2.75) is 31.8 Å². The Morgan fingerprint density at radius 2 is 2.12 bits per heavy atom. The van der Waals surface area contributed by atoms with Crippen LogP contribution in [0.15, 0.2) is 24.3 Å². The summed E-state index contributed by atoms with van der Waals surface area (Å²) < 4.78 is 12.8. The minimum atomic E-state index is -0.864. The van der Waals surface area contributed by atoms with Gasteiger partial charge in [-0.15, -0.1) is 0 Å². The minimum Gasteiger partial charge on any atom is -0.385 e. The van der Waals surface area contributed by atoms with Gasteiger partial charge in [-0.2, -0.15) is 0 Å². The van der Waals surface area contributed by atoms with Gasteiger partial charge in [-0.3, -0.25) is 0 Å². The van der Waals surface area contributed by atoms with Gasteiger partial charge in [0, 0.05) is 0 Å². The Labute approximate surface area is 102 Å². The fourth-order valence-electron chi connectivity index (χ4n) is 2.59. The van der Waals surface area contributed by atoms with Crippen molar-refractivity contribution in [2.75, 3.05) is 13.1 Å². The lowest BCUT2D eigenvalue weighted by molar-refractivity contribution is 0.0260. The first-order valence-electron chi connectivity index (χ1n) is 6.27. The van der Waals surface area contributed by atoms with Crippen LogP contribution in [0, 0.1) is 11.7 Å². The highest BCUT2D eigenvalue weighted by atomic mass is 19.1. The summed E-state index contributed by atoms with van der Waals surface area (Å²) in [6, 6.07) is 6.16. The molecule has 2 rings (SSSR count). The average Bonchev–Trinajstić information content (AvgIpc) is 2.30. The van der Waals surface area contributed by atoms with Crippen molar-refractivity contribution in [3.63, 3.8) is 0 Å². The van der Waals surface area contributed by atoms with Crippen LogP contribution in [-0.4, -0.2) is 18.2 Å². The van der Waals surface area contributed by atoms with Gasteiger partial charge in [0.1, 0.15) is 5.82 Å². The molecular weight excluding hydrogens is 217 g/mol. The van der Waals surface area contributed by atoms with Crippen molar-refractivity contribution < 1.29 is 9.50 Å². The SMILES string of the molecule is CC(O)(CC1CCCNC1)c1ccc(F)cc1. The summed E-state index contributed by atoms with van der Waals surface area (Å²) in [5.41, 5.74) is -0.0679. The predicted octanol–water partition coefficient (Wildman–Crippen LogP) is 2.42. The maximum atomic E-state index is 12.8. The first-order valence-corrected chi connectivity index (χ1v) is 6.27. The second-order valence-electron chi connectivity index (χ2n) is 5.20. The summed E-state index contributed by atoms with van der Waals surface area (Å²) in [7, 11) is 0. The molecule has 2 unspecified atom stereocenters. The van der Waals surface area contributed by atoms with Gasteiger partial charge >= 0.3 is 0 Å². The summed E-state index contributed by atoms with van der Waals surface area (Å²) in [6.45, 7) is 3.86. The fourth-order valence-corrected chi connectivity index (χ4v) is 2.59. The zero-order chi connectivity index (χ0) is 12.3. The summed E-state index contributed by atoms with van der Waals surface area (Å²) in [4.78, 5) is 0. The van der Waals surface area contributed by atoms with E-state index in [0.717, 1.165) is 31.5 Å². The van der Waals surface area contributed by atoms with Crippen molar-refractivity contribution in [3.8, 4) is 0 Å². The van der Waals surface area contributed by atoms with E-state index in [1.165, 1.54) is 18.6 Å². The molecule has 0 radical (unpaired) electrons. The molecule has 1 saturated heterocycles. The second-order valence-corrected chi connectivity index (χ2v) is 5.20. The Kier molecular flexibility index (Phi) is 3.79. The molecule has 17 heavy (non-hydrogen) atoms. The quantitative estimate of drug-likeness (QED) is 0.846. The highest BCUT2D eigenvalue weighted by Crippen LogP contribution is 2.30. The first-order chi connectivity index (χ1) is 8.08. The van der Waals surface area contributed by atoms with E-state index in [0.29, 0.717) is 5.92 Å². The van der Waals surface area contributed by atoms with Gasteiger partial charge < -0.3 is 10.4 Å². The first kappa shape index (κ1) is 12.5. The van der Waals surface area contributed by atoms with E-state index < -0.39 is 5.60 Å². The molecule has 0 aliphatic carbocycles. The molecule has 0 saturated carbocycles. The molecule has 1 aliphatic heterocycles. The van der Waals surface area contributed by atoms with Gasteiger partial charge in [0.25, 0.3) is 0 Å². The maximum absolute atomic E-state index is 12.8. The van der Waals surface area contributed by atoms with Crippen LogP contribution in [0.1, 0.15) is 31.7 Å². The molecule has 1 aromatic rings. The van der Waals surface area contributed by atoms with Crippen molar-refractivity contribution in [2.24, 2.45) is 5.92 Å². The maximum Gasteiger partial charge on any atom is 0.123 e. The smallest absolute Gasteiger partial charge is 0.123 e. The highest BCUT2D eigenvalue weighted by Gasteiger charge is 2.28. The third-order valence-corrected chi connectivity index (χ3v) is 3.55. The zero-order valence-corrected chi connectivity index (χ0v) is 10.2. The van der Waals surface area contributed by atoms with Crippen molar-refractivity contribution >= 4 is 0 Å². The Balaban J connectivity index is 2.04. The number of hydrogen-bond donors (Lipinski definition) is 2. The van der Waals surface area contributed by atoms with Crippen LogP contribution < -0.4 is 5.32 Å². The van der Waals surface area contributed by atoms with Crippen LogP contribution in [0.25, 0.3) is 0 Å². The Hall–Kier alpha value is -0.930. The van der Waals surface area contributed by atoms with Crippen LogP contribution in [0.4, 0.5) is 4.39 Å². The molecule has 0 bridgehead atoms. The topological polar surface area (TPSA) is 32.3 Å². The molecule has 3 heteroatoms. The van der Waals surface area contributed by atoms with Gasteiger partial charge in [0.15, 0.2) is 0 Å². The van der Waals surface area contributed by atoms with Crippen molar-refractivity contribution in [3.05, 3.63) is 35.6 Å². The normalized spacial score (nSPS) is 24.3. The van der Waals surface area contributed by atoms with E-state index >= 15 is 0 Å². The highest BCUT2D eigenvalue weighted by molar-refractivity contribution is 5.22. The number of piperidine rings is 1. The van der Waals surface area contributed by atoms with Gasteiger partial charge in [-0.1, -0.05) is 12.1 Å². The van der Waals surface area contributed by atoms with Crippen LogP contribution >= 0.6 is 0 Å². The molecule has 94 valence electrons. The van der Waals surface area contributed by atoms with Crippen LogP contribution in [0.3, 0.4) is 0 Å². The molecule has 1 aliphatic rings. The molecular formula is C14H20FNO. The number of aliphatic hydroxyl groups is 1. The number of hydrogen-bond acceptors (Lipinski definition) is 2. The molecule has 2 nitrogen and oxygen atoms in total. The van der Waals surface area contributed by atoms with E-state index in [1.54, 1.807) is 12.1 Å². The van der Waals surface area contributed by atoms with Crippen LogP contribution in [0.2, 0.25) is 0 Å². The Morgan fingerprint density at radius 3 is 2.71 bits per heavy atom. The van der Waals surface area contributed by atoms with Crippen LogP contribution in [-0.2, 0) is 5.60 Å². The average molecular weight is 237 g/mol.